The molecule has 104 valence electrons. The van der Waals surface area contributed by atoms with Gasteiger partial charge >= 0.3 is 5.97 Å². The van der Waals surface area contributed by atoms with Crippen LogP contribution in [0.5, 0.6) is 0 Å². The van der Waals surface area contributed by atoms with E-state index in [2.05, 4.69) is 5.32 Å². The second-order valence-electron chi connectivity index (χ2n) is 4.74. The fourth-order valence-electron chi connectivity index (χ4n) is 2.36. The number of carbonyl (C=O) groups excluding carboxylic acids is 1. The Balaban J connectivity index is 1.89. The maximum atomic E-state index is 11.8. The first-order valence-corrected chi connectivity index (χ1v) is 6.79. The zero-order valence-corrected chi connectivity index (χ0v) is 11.3. The molecule has 4 heteroatoms. The lowest BCUT2D eigenvalue weighted by molar-refractivity contribution is -0.143. The number of nitrogens with one attached hydrogen (secondary N) is 1. The third-order valence-corrected chi connectivity index (χ3v) is 3.41. The maximum absolute atomic E-state index is 11.8. The summed E-state index contributed by atoms with van der Waals surface area (Å²) in [4.78, 5) is 11.8. The molecule has 1 N–H and O–H groups in total. The van der Waals surface area contributed by atoms with Crippen molar-refractivity contribution in [2.24, 2.45) is 0 Å². The largest absolute Gasteiger partial charge is 0.468 e. The van der Waals surface area contributed by atoms with E-state index in [-0.39, 0.29) is 5.97 Å². The second-order valence-corrected chi connectivity index (χ2v) is 4.74. The molecule has 0 radical (unpaired) electrons. The summed E-state index contributed by atoms with van der Waals surface area (Å²) >= 11 is 0. The molecule has 0 spiro atoms. The Morgan fingerprint density at radius 1 is 1.47 bits per heavy atom. The fraction of sp³-hybridized carbons (Fsp3) is 0.533. The normalized spacial score (nSPS) is 20.2. The van der Waals surface area contributed by atoms with Crippen LogP contribution in [0.15, 0.2) is 30.3 Å². The third kappa shape index (κ3) is 4.04. The van der Waals surface area contributed by atoms with E-state index in [1.807, 2.05) is 30.3 Å². The van der Waals surface area contributed by atoms with Gasteiger partial charge in [-0.25, -0.2) is 4.79 Å². The quantitative estimate of drug-likeness (QED) is 0.798. The van der Waals surface area contributed by atoms with Crippen LogP contribution in [-0.2, 0) is 14.3 Å². The molecule has 1 heterocycles. The highest BCUT2D eigenvalue weighted by Gasteiger charge is 2.21. The molecule has 1 aliphatic heterocycles. The predicted octanol–water partition coefficient (Wildman–Crippen LogP) is 2.06. The minimum atomic E-state index is -0.396. The molecule has 2 rings (SSSR count). The molecule has 4 nitrogen and oxygen atoms in total. The van der Waals surface area contributed by atoms with Gasteiger partial charge in [0.25, 0.3) is 0 Å². The van der Waals surface area contributed by atoms with E-state index >= 15 is 0 Å². The van der Waals surface area contributed by atoms with E-state index in [1.54, 1.807) is 0 Å². The van der Waals surface area contributed by atoms with Crippen LogP contribution in [-0.4, -0.2) is 32.3 Å². The number of esters is 1. The maximum Gasteiger partial charge on any atom is 0.327 e. The first-order valence-electron chi connectivity index (χ1n) is 6.79. The zero-order valence-electron chi connectivity index (χ0n) is 11.3. The predicted molar refractivity (Wildman–Crippen MR) is 72.8 cm³/mol. The summed E-state index contributed by atoms with van der Waals surface area (Å²) in [5, 5.41) is 3.26. The lowest BCUT2D eigenvalue weighted by Crippen LogP contribution is -2.31. The first kappa shape index (κ1) is 14.0. The summed E-state index contributed by atoms with van der Waals surface area (Å²) in [5.41, 5.74) is 0.932. The van der Waals surface area contributed by atoms with Crippen molar-refractivity contribution in [2.45, 2.75) is 31.4 Å². The summed E-state index contributed by atoms with van der Waals surface area (Å²) in [6, 6.07) is 9.25. The van der Waals surface area contributed by atoms with E-state index < -0.39 is 6.04 Å². The smallest absolute Gasteiger partial charge is 0.327 e. The van der Waals surface area contributed by atoms with Gasteiger partial charge in [-0.2, -0.15) is 0 Å². The van der Waals surface area contributed by atoms with Gasteiger partial charge in [0.2, 0.25) is 0 Å². The number of hydrogen-bond acceptors (Lipinski definition) is 4. The van der Waals surface area contributed by atoms with Crippen molar-refractivity contribution in [1.82, 2.24) is 5.32 Å². The van der Waals surface area contributed by atoms with Crippen LogP contribution in [0.3, 0.4) is 0 Å². The minimum Gasteiger partial charge on any atom is -0.468 e. The van der Waals surface area contributed by atoms with E-state index in [1.165, 1.54) is 7.11 Å². The number of carbonyl (C=O) groups is 1. The molecule has 0 aliphatic carbocycles. The van der Waals surface area contributed by atoms with E-state index in [4.69, 9.17) is 9.47 Å². The Kier molecular flexibility index (Phi) is 5.36. The van der Waals surface area contributed by atoms with Gasteiger partial charge in [0.05, 0.1) is 13.2 Å². The highest BCUT2D eigenvalue weighted by atomic mass is 16.5. The van der Waals surface area contributed by atoms with Crippen molar-refractivity contribution in [3.8, 4) is 0 Å². The Labute approximate surface area is 114 Å². The molecular formula is C15H21NO3. The highest BCUT2D eigenvalue weighted by molar-refractivity contribution is 5.77. The van der Waals surface area contributed by atoms with Gasteiger partial charge in [-0.1, -0.05) is 30.3 Å². The van der Waals surface area contributed by atoms with Crippen molar-refractivity contribution in [3.05, 3.63) is 35.9 Å². The molecule has 0 saturated carbocycles. The van der Waals surface area contributed by atoms with Crippen LogP contribution < -0.4 is 5.32 Å². The summed E-state index contributed by atoms with van der Waals surface area (Å²) in [6.45, 7) is 1.61. The topological polar surface area (TPSA) is 47.6 Å². The average molecular weight is 263 g/mol. The second kappa shape index (κ2) is 7.26. The monoisotopic (exact) mass is 263 g/mol. The van der Waals surface area contributed by atoms with Crippen molar-refractivity contribution in [3.63, 3.8) is 0 Å². The molecule has 1 aliphatic rings. The standard InChI is InChI=1S/C15H21NO3/c1-18-15(17)14(12-6-3-2-4-7-12)16-10-9-13-8-5-11-19-13/h2-4,6-7,13-14,16H,5,8-11H2,1H3. The molecule has 1 aromatic rings. The fourth-order valence-corrected chi connectivity index (χ4v) is 2.36. The number of rotatable bonds is 6. The molecule has 2 atom stereocenters. The van der Waals surface area contributed by atoms with Crippen molar-refractivity contribution in [2.75, 3.05) is 20.3 Å². The van der Waals surface area contributed by atoms with Crippen LogP contribution in [0.1, 0.15) is 30.9 Å². The minimum absolute atomic E-state index is 0.251. The molecule has 1 aromatic carbocycles. The van der Waals surface area contributed by atoms with Crippen LogP contribution in [0.4, 0.5) is 0 Å². The highest BCUT2D eigenvalue weighted by Crippen LogP contribution is 2.17. The molecule has 0 aromatic heterocycles. The molecule has 0 bridgehead atoms. The van der Waals surface area contributed by atoms with Gasteiger partial charge in [0.1, 0.15) is 6.04 Å². The van der Waals surface area contributed by atoms with Gasteiger partial charge in [0.15, 0.2) is 0 Å². The Morgan fingerprint density at radius 3 is 2.89 bits per heavy atom. The van der Waals surface area contributed by atoms with Crippen LogP contribution in [0.25, 0.3) is 0 Å². The van der Waals surface area contributed by atoms with Crippen LogP contribution in [0, 0.1) is 0 Å². The average Bonchev–Trinajstić information content (AvgIpc) is 2.97. The molecule has 1 saturated heterocycles. The van der Waals surface area contributed by atoms with Crippen LogP contribution in [0.2, 0.25) is 0 Å². The Hall–Kier alpha value is -1.39. The van der Waals surface area contributed by atoms with Crippen molar-refractivity contribution >= 4 is 5.97 Å². The molecule has 2 unspecified atom stereocenters. The summed E-state index contributed by atoms with van der Waals surface area (Å²) in [5.74, 6) is -0.251. The van der Waals surface area contributed by atoms with Gasteiger partial charge in [-0.3, -0.25) is 0 Å². The summed E-state index contributed by atoms with van der Waals surface area (Å²) < 4.78 is 10.4. The van der Waals surface area contributed by atoms with E-state index in [0.29, 0.717) is 6.10 Å². The summed E-state index contributed by atoms with van der Waals surface area (Å²) in [6.07, 6.45) is 3.53. The van der Waals surface area contributed by atoms with E-state index in [9.17, 15) is 4.79 Å². The van der Waals surface area contributed by atoms with Crippen molar-refractivity contribution < 1.29 is 14.3 Å². The Morgan fingerprint density at radius 2 is 2.26 bits per heavy atom. The third-order valence-electron chi connectivity index (χ3n) is 3.41. The van der Waals surface area contributed by atoms with Gasteiger partial charge in [-0.15, -0.1) is 0 Å². The SMILES string of the molecule is COC(=O)C(NCCC1CCCO1)c1ccccc1. The molecule has 19 heavy (non-hydrogen) atoms. The lowest BCUT2D eigenvalue weighted by Gasteiger charge is -2.18. The van der Waals surface area contributed by atoms with Gasteiger partial charge in [-0.05, 0) is 31.4 Å². The number of hydrogen-bond donors (Lipinski definition) is 1. The Bertz CT molecular complexity index is 388. The molecular weight excluding hydrogens is 242 g/mol. The van der Waals surface area contributed by atoms with Crippen LogP contribution >= 0.6 is 0 Å². The molecule has 0 amide bonds. The number of ether oxygens (including phenoxy) is 2. The lowest BCUT2D eigenvalue weighted by atomic mass is 10.1. The van der Waals surface area contributed by atoms with Gasteiger partial charge < -0.3 is 14.8 Å². The zero-order chi connectivity index (χ0) is 13.5. The summed E-state index contributed by atoms with van der Waals surface area (Å²) in [7, 11) is 1.42. The molecule has 1 fully saturated rings. The first-order chi connectivity index (χ1) is 9.31. The number of benzene rings is 1. The van der Waals surface area contributed by atoms with Gasteiger partial charge in [0, 0.05) is 6.61 Å². The van der Waals surface area contributed by atoms with Crippen molar-refractivity contribution in [1.29, 1.82) is 0 Å². The van der Waals surface area contributed by atoms with E-state index in [0.717, 1.165) is 38.0 Å². The number of methoxy groups -OCH3 is 1.